The average molecular weight is 354 g/mol. The topological polar surface area (TPSA) is 69.6 Å². The minimum Gasteiger partial charge on any atom is -0.478 e. The third-order valence-electron chi connectivity index (χ3n) is 5.22. The fourth-order valence-electron chi connectivity index (χ4n) is 3.81. The van der Waals surface area contributed by atoms with E-state index in [1.54, 1.807) is 12.1 Å². The molecular weight excluding hydrogens is 335 g/mol. The molecule has 1 unspecified atom stereocenters. The first-order valence-corrected chi connectivity index (χ1v) is 8.72. The summed E-state index contributed by atoms with van der Waals surface area (Å²) < 4.78 is 14.3. The van der Waals surface area contributed by atoms with Crippen molar-refractivity contribution in [3.05, 3.63) is 58.9 Å². The number of carbonyl (C=O) groups excluding carboxylic acids is 1. The van der Waals surface area contributed by atoms with Crippen LogP contribution in [0.4, 0.5) is 4.39 Å². The Bertz CT molecular complexity index is 891. The summed E-state index contributed by atoms with van der Waals surface area (Å²) in [5.41, 5.74) is 2.50. The Morgan fingerprint density at radius 2 is 2.00 bits per heavy atom. The Labute approximate surface area is 150 Å². The van der Waals surface area contributed by atoms with E-state index in [0.29, 0.717) is 23.2 Å². The summed E-state index contributed by atoms with van der Waals surface area (Å²) in [4.78, 5) is 25.7. The molecule has 0 bridgehead atoms. The van der Waals surface area contributed by atoms with Crippen molar-refractivity contribution in [2.45, 2.75) is 18.9 Å². The highest BCUT2D eigenvalue weighted by Gasteiger charge is 2.31. The molecule has 2 aliphatic rings. The van der Waals surface area contributed by atoms with Crippen molar-refractivity contribution < 1.29 is 19.1 Å². The lowest BCUT2D eigenvalue weighted by Gasteiger charge is -2.33. The van der Waals surface area contributed by atoms with Crippen molar-refractivity contribution in [1.29, 1.82) is 0 Å². The van der Waals surface area contributed by atoms with E-state index >= 15 is 0 Å². The van der Waals surface area contributed by atoms with Crippen molar-refractivity contribution in [3.63, 3.8) is 0 Å². The van der Waals surface area contributed by atoms with Gasteiger partial charge in [0.1, 0.15) is 5.82 Å². The molecule has 0 aromatic heterocycles. The summed E-state index contributed by atoms with van der Waals surface area (Å²) in [7, 11) is 0. The number of hydrogen-bond acceptors (Lipinski definition) is 3. The molecular formula is C20H19FN2O3. The monoisotopic (exact) mass is 354 g/mol. The van der Waals surface area contributed by atoms with Crippen LogP contribution < -0.4 is 5.32 Å². The van der Waals surface area contributed by atoms with Gasteiger partial charge in [0.05, 0.1) is 5.56 Å². The van der Waals surface area contributed by atoms with Gasteiger partial charge in [0.15, 0.2) is 0 Å². The number of carbonyl (C=O) groups is 2. The second-order valence-electron chi connectivity index (χ2n) is 6.77. The quantitative estimate of drug-likeness (QED) is 0.889. The molecule has 0 radical (unpaired) electrons. The molecule has 2 heterocycles. The van der Waals surface area contributed by atoms with Gasteiger partial charge >= 0.3 is 5.97 Å². The number of benzene rings is 2. The number of halogens is 1. The number of amides is 1. The largest absolute Gasteiger partial charge is 0.478 e. The number of aromatic carboxylic acids is 1. The zero-order valence-corrected chi connectivity index (χ0v) is 14.2. The summed E-state index contributed by atoms with van der Waals surface area (Å²) in [5, 5.41) is 12.2. The molecule has 1 amide bonds. The number of carboxylic acid groups (broad SMARTS) is 1. The van der Waals surface area contributed by atoms with Gasteiger partial charge in [-0.2, -0.15) is 0 Å². The molecule has 26 heavy (non-hydrogen) atoms. The van der Waals surface area contributed by atoms with Crippen molar-refractivity contribution in [3.8, 4) is 11.1 Å². The van der Waals surface area contributed by atoms with E-state index in [0.717, 1.165) is 37.6 Å². The summed E-state index contributed by atoms with van der Waals surface area (Å²) in [6.07, 6.45) is 1.71. The lowest BCUT2D eigenvalue weighted by molar-refractivity contribution is 0.0671. The highest BCUT2D eigenvalue weighted by molar-refractivity contribution is 5.97. The third kappa shape index (κ3) is 2.86. The number of nitrogens with zero attached hydrogens (tertiary/aromatic N) is 1. The minimum atomic E-state index is -1.16. The van der Waals surface area contributed by atoms with Gasteiger partial charge in [0.25, 0.3) is 5.91 Å². The minimum absolute atomic E-state index is 0.0354. The molecule has 1 saturated heterocycles. The standard InChI is InChI=1S/C20H19FN2O3/c21-18-10-14(20(25)26)2-3-16(18)12-1-4-17-13(9-12)6-8-23(19(17)24)15-5-7-22-11-15/h1-4,9-10,15,22H,5-8,11H2,(H,25,26). The predicted octanol–water partition coefficient (Wildman–Crippen LogP) is 2.55. The number of fused-ring (bicyclic) bond motifs is 1. The summed E-state index contributed by atoms with van der Waals surface area (Å²) in [5.74, 6) is -1.70. The molecule has 134 valence electrons. The van der Waals surface area contributed by atoms with Crippen molar-refractivity contribution >= 4 is 11.9 Å². The molecule has 2 aromatic carbocycles. The first-order valence-electron chi connectivity index (χ1n) is 8.72. The number of nitrogens with one attached hydrogen (secondary N) is 1. The van der Waals surface area contributed by atoms with E-state index in [9.17, 15) is 14.0 Å². The van der Waals surface area contributed by atoms with Crippen molar-refractivity contribution in [1.82, 2.24) is 10.2 Å². The maximum absolute atomic E-state index is 14.3. The summed E-state index contributed by atoms with van der Waals surface area (Å²) >= 11 is 0. The number of hydrogen-bond donors (Lipinski definition) is 2. The van der Waals surface area contributed by atoms with E-state index in [2.05, 4.69) is 5.32 Å². The van der Waals surface area contributed by atoms with Gasteiger partial charge < -0.3 is 15.3 Å². The fourth-order valence-corrected chi connectivity index (χ4v) is 3.81. The van der Waals surface area contributed by atoms with Crippen LogP contribution in [-0.4, -0.2) is 47.6 Å². The Hall–Kier alpha value is -2.73. The Kier molecular flexibility index (Phi) is 4.20. The van der Waals surface area contributed by atoms with Crippen LogP contribution in [0, 0.1) is 5.82 Å². The first-order chi connectivity index (χ1) is 12.5. The van der Waals surface area contributed by atoms with Crippen LogP contribution in [0.3, 0.4) is 0 Å². The second-order valence-corrected chi connectivity index (χ2v) is 6.77. The van der Waals surface area contributed by atoms with Crippen LogP contribution in [0.1, 0.15) is 32.7 Å². The SMILES string of the molecule is O=C(O)c1ccc(-c2ccc3c(c2)CCN(C2CCNC2)C3=O)c(F)c1. The van der Waals surface area contributed by atoms with Crippen molar-refractivity contribution in [2.24, 2.45) is 0 Å². The lowest BCUT2D eigenvalue weighted by atomic mass is 9.92. The molecule has 2 N–H and O–H groups in total. The van der Waals surface area contributed by atoms with Gasteiger partial charge in [-0.3, -0.25) is 4.79 Å². The zero-order chi connectivity index (χ0) is 18.3. The van der Waals surface area contributed by atoms with Gasteiger partial charge in [-0.25, -0.2) is 9.18 Å². The van der Waals surface area contributed by atoms with Gasteiger partial charge in [-0.05, 0) is 48.7 Å². The Morgan fingerprint density at radius 1 is 1.19 bits per heavy atom. The second kappa shape index (κ2) is 6.53. The highest BCUT2D eigenvalue weighted by Crippen LogP contribution is 2.29. The maximum Gasteiger partial charge on any atom is 0.335 e. The molecule has 1 fully saturated rings. The first kappa shape index (κ1) is 16.7. The molecule has 1 atom stereocenters. The zero-order valence-electron chi connectivity index (χ0n) is 14.2. The van der Waals surface area contributed by atoms with Gasteiger partial charge in [-0.15, -0.1) is 0 Å². The molecule has 0 saturated carbocycles. The van der Waals surface area contributed by atoms with Crippen LogP contribution >= 0.6 is 0 Å². The number of rotatable bonds is 3. The Balaban J connectivity index is 1.64. The van der Waals surface area contributed by atoms with Crippen LogP contribution in [0.2, 0.25) is 0 Å². The third-order valence-corrected chi connectivity index (χ3v) is 5.22. The van der Waals surface area contributed by atoms with E-state index < -0.39 is 11.8 Å². The molecule has 6 heteroatoms. The van der Waals surface area contributed by atoms with E-state index in [4.69, 9.17) is 5.11 Å². The van der Waals surface area contributed by atoms with E-state index in [1.165, 1.54) is 12.1 Å². The van der Waals surface area contributed by atoms with Gasteiger partial charge in [-0.1, -0.05) is 18.2 Å². The van der Waals surface area contributed by atoms with Crippen molar-refractivity contribution in [2.75, 3.05) is 19.6 Å². The lowest BCUT2D eigenvalue weighted by Crippen LogP contribution is -2.45. The van der Waals surface area contributed by atoms with Gasteiger partial charge in [0, 0.05) is 30.3 Å². The molecule has 2 aliphatic heterocycles. The molecule has 0 aliphatic carbocycles. The maximum atomic E-state index is 14.3. The predicted molar refractivity (Wildman–Crippen MR) is 94.8 cm³/mol. The average Bonchev–Trinajstić information content (AvgIpc) is 3.16. The highest BCUT2D eigenvalue weighted by atomic mass is 19.1. The fraction of sp³-hybridized carbons (Fsp3) is 0.300. The molecule has 2 aromatic rings. The molecule has 5 nitrogen and oxygen atoms in total. The van der Waals surface area contributed by atoms with Crippen LogP contribution in [0.5, 0.6) is 0 Å². The van der Waals surface area contributed by atoms with Gasteiger partial charge in [0.2, 0.25) is 0 Å². The summed E-state index contributed by atoms with van der Waals surface area (Å²) in [6.45, 7) is 2.44. The van der Waals surface area contributed by atoms with Crippen LogP contribution in [-0.2, 0) is 6.42 Å². The van der Waals surface area contributed by atoms with E-state index in [-0.39, 0.29) is 17.5 Å². The smallest absolute Gasteiger partial charge is 0.335 e. The van der Waals surface area contributed by atoms with E-state index in [1.807, 2.05) is 11.0 Å². The summed E-state index contributed by atoms with van der Waals surface area (Å²) in [6, 6.07) is 9.46. The Morgan fingerprint density at radius 3 is 2.69 bits per heavy atom. The molecule has 0 spiro atoms. The molecule has 4 rings (SSSR count). The van der Waals surface area contributed by atoms with Crippen LogP contribution in [0.15, 0.2) is 36.4 Å². The normalized spacial score (nSPS) is 19.5. The van der Waals surface area contributed by atoms with Crippen LogP contribution in [0.25, 0.3) is 11.1 Å². The number of carboxylic acids is 1.